The van der Waals surface area contributed by atoms with Crippen LogP contribution in [0.1, 0.15) is 40.5 Å². The molecule has 0 aromatic heterocycles. The molecule has 1 N–H and O–H groups in total. The highest BCUT2D eigenvalue weighted by Crippen LogP contribution is 2.58. The highest BCUT2D eigenvalue weighted by atomic mass is 32.2. The smallest absolute Gasteiger partial charge is 0.315 e. The third-order valence-electron chi connectivity index (χ3n) is 8.91. The van der Waals surface area contributed by atoms with Crippen LogP contribution in [0.4, 0.5) is 0 Å². The number of carbonyl (C=O) groups is 1. The van der Waals surface area contributed by atoms with Gasteiger partial charge in [-0.15, -0.1) is 0 Å². The van der Waals surface area contributed by atoms with Gasteiger partial charge >= 0.3 is 5.97 Å². The standard InChI is InChI=1S/C35H24O5S/c36-35(40-30-17-18-31(41(37,38)39)25-12-6-5-11-24(25)30)29-19-28-26-15-13-21-8-2-4-10-23(21)33(26)34(29)27-16-14-20-7-1-3-9-22(20)32(27)28/h1-18,28-29,34H,19H2,(H,37,38,39). The van der Waals surface area contributed by atoms with E-state index in [1.807, 2.05) is 12.1 Å². The second-order valence-corrected chi connectivity index (χ2v) is 12.3. The van der Waals surface area contributed by atoms with Crippen molar-refractivity contribution >= 4 is 48.4 Å². The van der Waals surface area contributed by atoms with Gasteiger partial charge in [0.05, 0.1) is 5.92 Å². The van der Waals surface area contributed by atoms with Crippen LogP contribution in [0, 0.1) is 5.92 Å². The van der Waals surface area contributed by atoms with Crippen LogP contribution in [0.25, 0.3) is 32.3 Å². The first-order chi connectivity index (χ1) is 19.9. The molecular weight excluding hydrogens is 532 g/mol. The molecule has 0 spiro atoms. The summed E-state index contributed by atoms with van der Waals surface area (Å²) in [6, 6.07) is 34.9. The zero-order chi connectivity index (χ0) is 27.9. The topological polar surface area (TPSA) is 80.7 Å². The zero-order valence-electron chi connectivity index (χ0n) is 21.8. The predicted octanol–water partition coefficient (Wildman–Crippen LogP) is 7.60. The van der Waals surface area contributed by atoms with E-state index in [1.165, 1.54) is 39.6 Å². The highest BCUT2D eigenvalue weighted by molar-refractivity contribution is 7.86. The van der Waals surface area contributed by atoms with Gasteiger partial charge in [-0.25, -0.2) is 0 Å². The molecule has 0 fully saturated rings. The van der Waals surface area contributed by atoms with Crippen molar-refractivity contribution in [3.05, 3.63) is 131 Å². The minimum absolute atomic E-state index is 0.0388. The van der Waals surface area contributed by atoms with Gasteiger partial charge in [0.15, 0.2) is 0 Å². The molecule has 0 amide bonds. The van der Waals surface area contributed by atoms with Gasteiger partial charge in [-0.2, -0.15) is 8.42 Å². The second-order valence-electron chi connectivity index (χ2n) is 11.0. The first kappa shape index (κ1) is 24.3. The number of hydrogen-bond acceptors (Lipinski definition) is 4. The lowest BCUT2D eigenvalue weighted by molar-refractivity contribution is -0.140. The van der Waals surface area contributed by atoms with E-state index in [1.54, 1.807) is 24.3 Å². The summed E-state index contributed by atoms with van der Waals surface area (Å²) in [5, 5.41) is 5.45. The fraction of sp³-hybridized carbons (Fsp3) is 0.114. The number of ether oxygens (including phenoxy) is 1. The molecule has 2 bridgehead atoms. The summed E-state index contributed by atoms with van der Waals surface area (Å²) >= 11 is 0. The SMILES string of the molecule is O=C(Oc1ccc(S(=O)(=O)O)c2ccccc12)C1CC2c3ccc4ccccc4c3C1c1ccc3ccccc3c12. The molecule has 6 aromatic carbocycles. The van der Waals surface area contributed by atoms with Gasteiger partial charge < -0.3 is 4.74 Å². The molecule has 3 atom stereocenters. The third-order valence-corrected chi connectivity index (χ3v) is 9.82. The Bertz CT molecular complexity index is 2180. The lowest BCUT2D eigenvalue weighted by atomic mass is 9.57. The number of esters is 1. The Morgan fingerprint density at radius 3 is 1.93 bits per heavy atom. The summed E-state index contributed by atoms with van der Waals surface area (Å²) in [7, 11) is -4.45. The molecule has 200 valence electrons. The Balaban J connectivity index is 1.29. The van der Waals surface area contributed by atoms with Crippen molar-refractivity contribution in [2.45, 2.75) is 23.2 Å². The lowest BCUT2D eigenvalue weighted by Gasteiger charge is -2.45. The van der Waals surface area contributed by atoms with E-state index in [-0.39, 0.29) is 28.5 Å². The summed E-state index contributed by atoms with van der Waals surface area (Å²) in [6.07, 6.45) is 0.622. The molecule has 3 aliphatic rings. The Morgan fingerprint density at radius 1 is 0.659 bits per heavy atom. The van der Waals surface area contributed by atoms with E-state index in [0.29, 0.717) is 17.2 Å². The fourth-order valence-corrected chi connectivity index (χ4v) is 7.97. The average molecular weight is 557 g/mol. The van der Waals surface area contributed by atoms with Crippen molar-refractivity contribution in [2.75, 3.05) is 0 Å². The molecule has 0 aliphatic heterocycles. The Labute approximate surface area is 236 Å². The van der Waals surface area contributed by atoms with Gasteiger partial charge in [0, 0.05) is 22.6 Å². The number of fused-ring (bicyclic) bond motifs is 4. The van der Waals surface area contributed by atoms with Crippen molar-refractivity contribution in [1.29, 1.82) is 0 Å². The maximum atomic E-state index is 14.1. The van der Waals surface area contributed by atoms with Gasteiger partial charge in [0.2, 0.25) is 0 Å². The fourth-order valence-electron chi connectivity index (χ4n) is 7.27. The van der Waals surface area contributed by atoms with Crippen LogP contribution in [0.2, 0.25) is 0 Å². The van der Waals surface area contributed by atoms with Crippen molar-refractivity contribution in [3.63, 3.8) is 0 Å². The second kappa shape index (κ2) is 8.74. The molecule has 9 rings (SSSR count). The molecule has 0 heterocycles. The van der Waals surface area contributed by atoms with E-state index >= 15 is 0 Å². The van der Waals surface area contributed by atoms with Gasteiger partial charge in [-0.1, -0.05) is 97.1 Å². The largest absolute Gasteiger partial charge is 0.426 e. The first-order valence-electron chi connectivity index (χ1n) is 13.6. The van der Waals surface area contributed by atoms with Crippen molar-refractivity contribution in [3.8, 4) is 5.75 Å². The highest BCUT2D eigenvalue weighted by Gasteiger charge is 2.48. The maximum absolute atomic E-state index is 14.1. The summed E-state index contributed by atoms with van der Waals surface area (Å²) in [4.78, 5) is 13.9. The van der Waals surface area contributed by atoms with Gasteiger partial charge in [-0.3, -0.25) is 9.35 Å². The molecule has 0 saturated heterocycles. The number of hydrogen-bond donors (Lipinski definition) is 1. The molecule has 6 aromatic rings. The van der Waals surface area contributed by atoms with Crippen LogP contribution in [-0.2, 0) is 14.9 Å². The van der Waals surface area contributed by atoms with Crippen LogP contribution in [-0.4, -0.2) is 18.9 Å². The minimum Gasteiger partial charge on any atom is -0.426 e. The molecule has 3 unspecified atom stereocenters. The van der Waals surface area contributed by atoms with Crippen LogP contribution >= 0.6 is 0 Å². The molecule has 5 nitrogen and oxygen atoms in total. The van der Waals surface area contributed by atoms with Gasteiger partial charge in [-0.05, 0) is 62.4 Å². The van der Waals surface area contributed by atoms with E-state index in [4.69, 9.17) is 4.74 Å². The van der Waals surface area contributed by atoms with Crippen molar-refractivity contribution in [1.82, 2.24) is 0 Å². The Kier molecular flexibility index (Phi) is 5.18. The summed E-state index contributed by atoms with van der Waals surface area (Å²) in [6.45, 7) is 0. The number of rotatable bonds is 3. The van der Waals surface area contributed by atoms with E-state index in [0.717, 1.165) is 16.3 Å². The Morgan fingerprint density at radius 2 is 1.24 bits per heavy atom. The normalized spacial score (nSPS) is 19.3. The minimum atomic E-state index is -4.45. The monoisotopic (exact) mass is 556 g/mol. The molecule has 41 heavy (non-hydrogen) atoms. The predicted molar refractivity (Wildman–Crippen MR) is 159 cm³/mol. The van der Waals surface area contributed by atoms with Gasteiger partial charge in [0.1, 0.15) is 10.6 Å². The van der Waals surface area contributed by atoms with Crippen LogP contribution in [0.15, 0.2) is 114 Å². The van der Waals surface area contributed by atoms with Crippen LogP contribution < -0.4 is 4.74 Å². The molecule has 0 saturated carbocycles. The molecule has 6 heteroatoms. The van der Waals surface area contributed by atoms with Crippen LogP contribution in [0.5, 0.6) is 5.75 Å². The van der Waals surface area contributed by atoms with E-state index in [9.17, 15) is 17.8 Å². The summed E-state index contributed by atoms with van der Waals surface area (Å²) in [5.41, 5.74) is 4.92. The quantitative estimate of drug-likeness (QED) is 0.138. The molecule has 0 radical (unpaired) electrons. The average Bonchev–Trinajstić information content (AvgIpc) is 3.00. The van der Waals surface area contributed by atoms with Crippen molar-refractivity contribution in [2.24, 2.45) is 5.92 Å². The van der Waals surface area contributed by atoms with Gasteiger partial charge in [0.25, 0.3) is 10.1 Å². The van der Waals surface area contributed by atoms with Crippen LogP contribution in [0.3, 0.4) is 0 Å². The first-order valence-corrected chi connectivity index (χ1v) is 15.1. The van der Waals surface area contributed by atoms with E-state index in [2.05, 4.69) is 60.7 Å². The summed E-state index contributed by atoms with van der Waals surface area (Å²) < 4.78 is 39.8. The lowest BCUT2D eigenvalue weighted by Crippen LogP contribution is -2.38. The number of carbonyl (C=O) groups excluding carboxylic acids is 1. The Hall–Kier alpha value is -4.52. The summed E-state index contributed by atoms with van der Waals surface area (Å²) in [5.74, 6) is -0.640. The maximum Gasteiger partial charge on any atom is 0.315 e. The van der Waals surface area contributed by atoms with Crippen molar-refractivity contribution < 1.29 is 22.5 Å². The zero-order valence-corrected chi connectivity index (χ0v) is 22.6. The van der Waals surface area contributed by atoms with E-state index < -0.39 is 16.0 Å². The molecule has 3 aliphatic carbocycles. The molecular formula is C35H24O5S. The number of benzene rings is 6. The third kappa shape index (κ3) is 3.57.